The maximum Gasteiger partial charge on any atom is 0.120 e. The number of rotatable bonds is 2. The van der Waals surface area contributed by atoms with Crippen molar-refractivity contribution in [3.8, 4) is 5.75 Å². The molecule has 0 atom stereocenters. The van der Waals surface area contributed by atoms with Crippen molar-refractivity contribution >= 4 is 5.69 Å². The molecule has 0 aromatic heterocycles. The second-order valence-corrected chi connectivity index (χ2v) is 7.45. The van der Waals surface area contributed by atoms with Crippen molar-refractivity contribution in [3.05, 3.63) is 23.8 Å². The molecule has 0 spiro atoms. The van der Waals surface area contributed by atoms with Crippen LogP contribution in [0.3, 0.4) is 0 Å². The Morgan fingerprint density at radius 3 is 2.55 bits per heavy atom. The lowest BCUT2D eigenvalue weighted by atomic mass is 9.72. The lowest BCUT2D eigenvalue weighted by Gasteiger charge is -2.37. The summed E-state index contributed by atoms with van der Waals surface area (Å²) in [6.07, 6.45) is 6.57. The Morgan fingerprint density at radius 1 is 1.10 bits per heavy atom. The Labute approximate surface area is 122 Å². The van der Waals surface area contributed by atoms with E-state index in [4.69, 9.17) is 4.74 Å². The van der Waals surface area contributed by atoms with Crippen LogP contribution in [0.4, 0.5) is 5.69 Å². The van der Waals surface area contributed by atoms with Gasteiger partial charge in [-0.25, -0.2) is 0 Å². The Bertz CT molecular complexity index is 467. The van der Waals surface area contributed by atoms with E-state index in [0.717, 1.165) is 24.6 Å². The van der Waals surface area contributed by atoms with Gasteiger partial charge in [0, 0.05) is 12.2 Å². The smallest absolute Gasteiger partial charge is 0.120 e. The topological polar surface area (TPSA) is 21.3 Å². The Kier molecular flexibility index (Phi) is 3.66. The average Bonchev–Trinajstić information content (AvgIpc) is 2.86. The predicted molar refractivity (Wildman–Crippen MR) is 84.5 cm³/mol. The number of anilines is 1. The molecule has 1 fully saturated rings. The highest BCUT2D eigenvalue weighted by atomic mass is 16.5. The first kappa shape index (κ1) is 13.8. The molecular weight excluding hydrogens is 246 g/mol. The maximum absolute atomic E-state index is 6.21. The van der Waals surface area contributed by atoms with Gasteiger partial charge in [0.2, 0.25) is 0 Å². The molecular formula is C18H27NO. The highest BCUT2D eigenvalue weighted by Gasteiger charge is 2.30. The number of ether oxygens (including phenoxy) is 1. The van der Waals surface area contributed by atoms with Crippen LogP contribution in [-0.2, 0) is 6.42 Å². The maximum atomic E-state index is 6.21. The molecule has 2 aliphatic rings. The Hall–Kier alpha value is -1.18. The largest absolute Gasteiger partial charge is 0.490 e. The molecule has 1 heterocycles. The molecule has 2 nitrogen and oxygen atoms in total. The van der Waals surface area contributed by atoms with Gasteiger partial charge in [-0.15, -0.1) is 0 Å². The van der Waals surface area contributed by atoms with Crippen LogP contribution in [0, 0.1) is 11.3 Å². The fourth-order valence-electron chi connectivity index (χ4n) is 3.59. The van der Waals surface area contributed by atoms with Crippen LogP contribution in [0.5, 0.6) is 5.75 Å². The van der Waals surface area contributed by atoms with Crippen LogP contribution in [0.15, 0.2) is 18.2 Å². The Morgan fingerprint density at radius 2 is 1.85 bits per heavy atom. The third-order valence-corrected chi connectivity index (χ3v) is 4.99. The van der Waals surface area contributed by atoms with Crippen molar-refractivity contribution in [2.45, 2.75) is 59.0 Å². The van der Waals surface area contributed by atoms with E-state index in [2.05, 4.69) is 44.3 Å². The summed E-state index contributed by atoms with van der Waals surface area (Å²) in [7, 11) is 0. The number of benzene rings is 1. The van der Waals surface area contributed by atoms with Gasteiger partial charge in [0.05, 0.1) is 6.10 Å². The minimum Gasteiger partial charge on any atom is -0.490 e. The second kappa shape index (κ2) is 5.31. The van der Waals surface area contributed by atoms with Crippen molar-refractivity contribution < 1.29 is 4.74 Å². The first-order valence-corrected chi connectivity index (χ1v) is 8.06. The number of fused-ring (bicyclic) bond motifs is 1. The van der Waals surface area contributed by atoms with Gasteiger partial charge in [0.15, 0.2) is 0 Å². The van der Waals surface area contributed by atoms with Crippen molar-refractivity contribution in [1.82, 2.24) is 0 Å². The monoisotopic (exact) mass is 273 g/mol. The molecule has 1 aliphatic heterocycles. The average molecular weight is 273 g/mol. The van der Waals surface area contributed by atoms with Crippen LogP contribution in [-0.4, -0.2) is 12.6 Å². The molecule has 2 heteroatoms. The van der Waals surface area contributed by atoms with Gasteiger partial charge in [0.25, 0.3) is 0 Å². The van der Waals surface area contributed by atoms with Crippen LogP contribution >= 0.6 is 0 Å². The molecule has 1 aliphatic carbocycles. The van der Waals surface area contributed by atoms with Gasteiger partial charge < -0.3 is 10.1 Å². The zero-order chi connectivity index (χ0) is 14.2. The molecule has 1 N–H and O–H groups in total. The van der Waals surface area contributed by atoms with Gasteiger partial charge in [-0.2, -0.15) is 0 Å². The summed E-state index contributed by atoms with van der Waals surface area (Å²) in [5.74, 6) is 1.92. The van der Waals surface area contributed by atoms with Gasteiger partial charge >= 0.3 is 0 Å². The molecule has 0 saturated heterocycles. The molecule has 0 radical (unpaired) electrons. The molecule has 1 aromatic carbocycles. The standard InChI is InChI=1S/C18H27NO/c1-18(2,3)14-4-6-15(7-5-14)20-16-8-9-17-13(12-16)10-11-19-17/h8-9,12,14-15,19H,4-7,10-11H2,1-3H3/t14-,15-. The van der Waals surface area contributed by atoms with Crippen LogP contribution < -0.4 is 10.1 Å². The van der Waals surface area contributed by atoms with Crippen LogP contribution in [0.1, 0.15) is 52.0 Å². The van der Waals surface area contributed by atoms with Crippen molar-refractivity contribution in [3.63, 3.8) is 0 Å². The molecule has 1 aromatic rings. The summed E-state index contributed by atoms with van der Waals surface area (Å²) in [5.41, 5.74) is 3.14. The molecule has 0 unspecified atom stereocenters. The second-order valence-electron chi connectivity index (χ2n) is 7.45. The minimum absolute atomic E-state index is 0.418. The molecule has 110 valence electrons. The number of hydrogen-bond donors (Lipinski definition) is 1. The fourth-order valence-corrected chi connectivity index (χ4v) is 3.59. The van der Waals surface area contributed by atoms with E-state index in [-0.39, 0.29) is 0 Å². The third kappa shape index (κ3) is 2.94. The highest BCUT2D eigenvalue weighted by molar-refractivity contribution is 5.57. The van der Waals surface area contributed by atoms with E-state index < -0.39 is 0 Å². The summed E-state index contributed by atoms with van der Waals surface area (Å²) in [6.45, 7) is 8.17. The van der Waals surface area contributed by atoms with Gasteiger partial charge in [-0.1, -0.05) is 20.8 Å². The minimum atomic E-state index is 0.418. The van der Waals surface area contributed by atoms with E-state index in [1.165, 1.54) is 36.9 Å². The SMILES string of the molecule is CC(C)(C)[C@H]1CC[C@H](Oc2ccc3c(c2)CCN3)CC1. The van der Waals surface area contributed by atoms with E-state index in [1.807, 2.05) is 0 Å². The molecule has 3 rings (SSSR count). The fraction of sp³-hybridized carbons (Fsp3) is 0.667. The summed E-state index contributed by atoms with van der Waals surface area (Å²) in [6, 6.07) is 6.51. The lowest BCUT2D eigenvalue weighted by molar-refractivity contribution is 0.0882. The van der Waals surface area contributed by atoms with Crippen LogP contribution in [0.2, 0.25) is 0 Å². The molecule has 1 saturated carbocycles. The quantitative estimate of drug-likeness (QED) is 0.847. The first-order valence-electron chi connectivity index (χ1n) is 8.06. The first-order chi connectivity index (χ1) is 9.52. The zero-order valence-electron chi connectivity index (χ0n) is 13.0. The normalized spacial score (nSPS) is 25.9. The summed E-state index contributed by atoms with van der Waals surface area (Å²) in [5, 5.41) is 3.40. The van der Waals surface area contributed by atoms with Crippen molar-refractivity contribution in [2.24, 2.45) is 11.3 Å². The number of hydrogen-bond acceptors (Lipinski definition) is 2. The third-order valence-electron chi connectivity index (χ3n) is 4.99. The zero-order valence-corrected chi connectivity index (χ0v) is 13.0. The molecule has 0 bridgehead atoms. The van der Waals surface area contributed by atoms with Gasteiger partial charge in [-0.3, -0.25) is 0 Å². The highest BCUT2D eigenvalue weighted by Crippen LogP contribution is 2.39. The molecule has 0 amide bonds. The van der Waals surface area contributed by atoms with E-state index >= 15 is 0 Å². The van der Waals surface area contributed by atoms with Gasteiger partial charge in [0.1, 0.15) is 5.75 Å². The summed E-state index contributed by atoms with van der Waals surface area (Å²) in [4.78, 5) is 0. The number of nitrogens with one attached hydrogen (secondary N) is 1. The van der Waals surface area contributed by atoms with E-state index in [0.29, 0.717) is 11.5 Å². The van der Waals surface area contributed by atoms with E-state index in [1.54, 1.807) is 0 Å². The van der Waals surface area contributed by atoms with Crippen molar-refractivity contribution in [2.75, 3.05) is 11.9 Å². The summed E-state index contributed by atoms with van der Waals surface area (Å²) >= 11 is 0. The van der Waals surface area contributed by atoms with Crippen molar-refractivity contribution in [1.29, 1.82) is 0 Å². The van der Waals surface area contributed by atoms with Crippen LogP contribution in [0.25, 0.3) is 0 Å². The molecule has 20 heavy (non-hydrogen) atoms. The summed E-state index contributed by atoms with van der Waals surface area (Å²) < 4.78 is 6.21. The predicted octanol–water partition coefficient (Wildman–Crippen LogP) is 4.64. The van der Waals surface area contributed by atoms with E-state index in [9.17, 15) is 0 Å². The van der Waals surface area contributed by atoms with Gasteiger partial charge in [-0.05, 0) is 67.2 Å². The Balaban J connectivity index is 1.57. The lowest BCUT2D eigenvalue weighted by Crippen LogP contribution is -2.30.